The third kappa shape index (κ3) is 1.70. The van der Waals surface area contributed by atoms with Crippen molar-refractivity contribution in [2.24, 2.45) is 5.41 Å². The number of carboxylic acid groups (broad SMARTS) is 1. The van der Waals surface area contributed by atoms with E-state index in [1.54, 1.807) is 0 Å². The molecule has 3 nitrogen and oxygen atoms in total. The van der Waals surface area contributed by atoms with Gasteiger partial charge < -0.3 is 10.2 Å². The van der Waals surface area contributed by atoms with Gasteiger partial charge in [0.1, 0.15) is 0 Å². The van der Waals surface area contributed by atoms with E-state index in [1.165, 1.54) is 0 Å². The highest BCUT2D eigenvalue weighted by Gasteiger charge is 2.40. The predicted molar refractivity (Wildman–Crippen MR) is 35.6 cm³/mol. The van der Waals surface area contributed by atoms with Crippen molar-refractivity contribution in [2.75, 3.05) is 0 Å². The van der Waals surface area contributed by atoms with Crippen LogP contribution in [0, 0.1) is 5.41 Å². The zero-order valence-corrected chi connectivity index (χ0v) is 6.00. The number of aliphatic hydroxyl groups is 1. The van der Waals surface area contributed by atoms with Crippen LogP contribution in [0.3, 0.4) is 0 Å². The van der Waals surface area contributed by atoms with Crippen LogP contribution in [0.25, 0.3) is 0 Å². The van der Waals surface area contributed by atoms with Crippen LogP contribution in [0.5, 0.6) is 0 Å². The molecule has 0 saturated heterocycles. The number of aliphatic carboxylic acids is 1. The van der Waals surface area contributed by atoms with Crippen molar-refractivity contribution in [3.63, 3.8) is 0 Å². The molecule has 0 spiro atoms. The summed E-state index contributed by atoms with van der Waals surface area (Å²) in [5.74, 6) is -1.10. The fraction of sp³-hybridized carbons (Fsp3) is 0.857. The van der Waals surface area contributed by atoms with E-state index >= 15 is 0 Å². The van der Waals surface area contributed by atoms with Gasteiger partial charge in [0.25, 0.3) is 0 Å². The normalized spacial score (nSPS) is 23.8. The standard InChI is InChI=1S/C7H12O3/c1-7(2-3-7)4-5(8)6(9)10/h5,8H,2-4H2,1H3,(H,9,10)/t5-/m1/s1. The number of hydrogen-bond acceptors (Lipinski definition) is 2. The first-order valence-electron chi connectivity index (χ1n) is 3.44. The van der Waals surface area contributed by atoms with E-state index in [4.69, 9.17) is 10.2 Å². The van der Waals surface area contributed by atoms with Crippen LogP contribution in [0.1, 0.15) is 26.2 Å². The number of hydrogen-bond donors (Lipinski definition) is 2. The van der Waals surface area contributed by atoms with Crippen molar-refractivity contribution >= 4 is 5.97 Å². The van der Waals surface area contributed by atoms with E-state index in [2.05, 4.69) is 0 Å². The first-order valence-corrected chi connectivity index (χ1v) is 3.44. The van der Waals surface area contributed by atoms with Gasteiger partial charge in [0.2, 0.25) is 0 Å². The van der Waals surface area contributed by atoms with Crippen molar-refractivity contribution in [2.45, 2.75) is 32.3 Å². The minimum Gasteiger partial charge on any atom is -0.479 e. The van der Waals surface area contributed by atoms with Gasteiger partial charge in [-0.15, -0.1) is 0 Å². The van der Waals surface area contributed by atoms with Gasteiger partial charge in [0.05, 0.1) is 0 Å². The molecule has 10 heavy (non-hydrogen) atoms. The van der Waals surface area contributed by atoms with Gasteiger partial charge in [-0.1, -0.05) is 6.92 Å². The monoisotopic (exact) mass is 144 g/mol. The predicted octanol–water partition coefficient (Wildman–Crippen LogP) is 0.622. The van der Waals surface area contributed by atoms with Gasteiger partial charge in [-0.2, -0.15) is 0 Å². The topological polar surface area (TPSA) is 57.5 Å². The van der Waals surface area contributed by atoms with Gasteiger partial charge in [0, 0.05) is 0 Å². The van der Waals surface area contributed by atoms with E-state index in [0.29, 0.717) is 6.42 Å². The van der Waals surface area contributed by atoms with E-state index in [-0.39, 0.29) is 5.41 Å². The lowest BCUT2D eigenvalue weighted by atomic mass is 10.0. The maximum absolute atomic E-state index is 10.2. The highest BCUT2D eigenvalue weighted by Crippen LogP contribution is 2.48. The molecule has 58 valence electrons. The van der Waals surface area contributed by atoms with Crippen LogP contribution in [0.4, 0.5) is 0 Å². The molecule has 1 aliphatic rings. The van der Waals surface area contributed by atoms with Gasteiger partial charge in [-0.05, 0) is 24.7 Å². The molecule has 0 radical (unpaired) electrons. The zero-order valence-electron chi connectivity index (χ0n) is 6.00. The second kappa shape index (κ2) is 2.23. The number of carboxylic acids is 1. The first kappa shape index (κ1) is 7.54. The third-order valence-corrected chi connectivity index (χ3v) is 2.07. The molecule has 0 aliphatic heterocycles. The maximum Gasteiger partial charge on any atom is 0.332 e. The van der Waals surface area contributed by atoms with Crippen LogP contribution in [-0.2, 0) is 4.79 Å². The molecule has 2 N–H and O–H groups in total. The van der Waals surface area contributed by atoms with Crippen molar-refractivity contribution in [1.29, 1.82) is 0 Å². The Labute approximate surface area is 59.7 Å². The highest BCUT2D eigenvalue weighted by atomic mass is 16.4. The molecule has 0 unspecified atom stereocenters. The molecule has 3 heteroatoms. The summed E-state index contributed by atoms with van der Waals surface area (Å²) < 4.78 is 0. The van der Waals surface area contributed by atoms with Crippen molar-refractivity contribution in [1.82, 2.24) is 0 Å². The second-order valence-corrected chi connectivity index (χ2v) is 3.37. The average molecular weight is 144 g/mol. The molecule has 0 aromatic heterocycles. The largest absolute Gasteiger partial charge is 0.479 e. The highest BCUT2D eigenvalue weighted by molar-refractivity contribution is 5.71. The third-order valence-electron chi connectivity index (χ3n) is 2.07. The lowest BCUT2D eigenvalue weighted by Gasteiger charge is -2.09. The Hall–Kier alpha value is -0.570. The number of rotatable bonds is 3. The summed E-state index contributed by atoms with van der Waals surface area (Å²) in [6.07, 6.45) is 1.35. The molecular formula is C7H12O3. The van der Waals surface area contributed by atoms with Crippen LogP contribution in [0.2, 0.25) is 0 Å². The summed E-state index contributed by atoms with van der Waals surface area (Å²) in [6.45, 7) is 2.00. The molecule has 1 atom stereocenters. The molecule has 1 rings (SSSR count). The molecule has 1 aliphatic carbocycles. The lowest BCUT2D eigenvalue weighted by molar-refractivity contribution is -0.147. The summed E-state index contributed by atoms with van der Waals surface area (Å²) in [6, 6.07) is 0. The number of carbonyl (C=O) groups is 1. The molecule has 0 bridgehead atoms. The summed E-state index contributed by atoms with van der Waals surface area (Å²) in [5, 5.41) is 17.2. The Kier molecular flexibility index (Phi) is 1.68. The second-order valence-electron chi connectivity index (χ2n) is 3.37. The molecule has 0 amide bonds. The Morgan fingerprint density at radius 1 is 1.70 bits per heavy atom. The molecule has 1 fully saturated rings. The zero-order chi connectivity index (χ0) is 7.78. The first-order chi connectivity index (χ1) is 4.53. The molecular weight excluding hydrogens is 132 g/mol. The summed E-state index contributed by atoms with van der Waals surface area (Å²) in [7, 11) is 0. The van der Waals surface area contributed by atoms with Crippen LogP contribution >= 0.6 is 0 Å². The van der Waals surface area contributed by atoms with Crippen molar-refractivity contribution in [3.8, 4) is 0 Å². The van der Waals surface area contributed by atoms with Crippen LogP contribution in [0.15, 0.2) is 0 Å². The van der Waals surface area contributed by atoms with Crippen LogP contribution < -0.4 is 0 Å². The van der Waals surface area contributed by atoms with Crippen molar-refractivity contribution < 1.29 is 15.0 Å². The maximum atomic E-state index is 10.2. The van der Waals surface area contributed by atoms with E-state index < -0.39 is 12.1 Å². The molecule has 1 saturated carbocycles. The Bertz CT molecular complexity index is 149. The van der Waals surface area contributed by atoms with E-state index in [9.17, 15) is 4.79 Å². The summed E-state index contributed by atoms with van der Waals surface area (Å²) in [4.78, 5) is 10.2. The van der Waals surface area contributed by atoms with Crippen LogP contribution in [-0.4, -0.2) is 22.3 Å². The van der Waals surface area contributed by atoms with Gasteiger partial charge in [-0.25, -0.2) is 4.79 Å². The summed E-state index contributed by atoms with van der Waals surface area (Å²) in [5.41, 5.74) is 0.123. The minimum atomic E-state index is -1.16. The quantitative estimate of drug-likeness (QED) is 0.610. The lowest BCUT2D eigenvalue weighted by Crippen LogP contribution is -2.22. The van der Waals surface area contributed by atoms with Gasteiger partial charge >= 0.3 is 5.97 Å². The average Bonchev–Trinajstić information content (AvgIpc) is 2.47. The fourth-order valence-electron chi connectivity index (χ4n) is 0.972. The minimum absolute atomic E-state index is 0.123. The van der Waals surface area contributed by atoms with E-state index in [1.807, 2.05) is 6.92 Å². The summed E-state index contributed by atoms with van der Waals surface area (Å²) >= 11 is 0. The van der Waals surface area contributed by atoms with E-state index in [0.717, 1.165) is 12.8 Å². The Balaban J connectivity index is 2.31. The SMILES string of the molecule is CC1(C[C@@H](O)C(=O)O)CC1. The molecule has 0 heterocycles. The molecule has 0 aromatic rings. The Morgan fingerprint density at radius 3 is 2.50 bits per heavy atom. The van der Waals surface area contributed by atoms with Crippen molar-refractivity contribution in [3.05, 3.63) is 0 Å². The number of aliphatic hydroxyl groups excluding tert-OH is 1. The fourth-order valence-corrected chi connectivity index (χ4v) is 0.972. The Morgan fingerprint density at radius 2 is 2.20 bits per heavy atom. The van der Waals surface area contributed by atoms with Gasteiger partial charge in [0.15, 0.2) is 6.10 Å². The smallest absolute Gasteiger partial charge is 0.332 e. The molecule has 0 aromatic carbocycles. The van der Waals surface area contributed by atoms with Gasteiger partial charge in [-0.3, -0.25) is 0 Å².